The first-order valence-electron chi connectivity index (χ1n) is 12.4. The van der Waals surface area contributed by atoms with Crippen LogP contribution in [0, 0.1) is 11.8 Å². The molecule has 2 aliphatic rings. The van der Waals surface area contributed by atoms with Crippen LogP contribution in [0.3, 0.4) is 0 Å². The van der Waals surface area contributed by atoms with Crippen LogP contribution in [0.2, 0.25) is 0 Å². The fourth-order valence-corrected chi connectivity index (χ4v) is 4.87. The van der Waals surface area contributed by atoms with Crippen LogP contribution in [-0.2, 0) is 9.59 Å². The van der Waals surface area contributed by atoms with E-state index in [9.17, 15) is 27.9 Å². The van der Waals surface area contributed by atoms with Crippen LogP contribution in [0.5, 0.6) is 0 Å². The first-order valence-corrected chi connectivity index (χ1v) is 12.4. The number of aliphatic hydroxyl groups excluding tert-OH is 1. The summed E-state index contributed by atoms with van der Waals surface area (Å²) in [6.07, 6.45) is -5.46. The maximum absolute atomic E-state index is 13.6. The first-order chi connectivity index (χ1) is 18.1. The summed E-state index contributed by atoms with van der Waals surface area (Å²) in [5, 5.41) is 13.0. The third-order valence-corrected chi connectivity index (χ3v) is 7.29. The fraction of sp³-hybridized carbons (Fsp3) is 0.481. The maximum atomic E-state index is 13.6. The van der Waals surface area contributed by atoms with Gasteiger partial charge in [0.15, 0.2) is 0 Å². The van der Waals surface area contributed by atoms with Gasteiger partial charge in [-0.25, -0.2) is 13.2 Å². The number of hydrogen-bond donors (Lipinski definition) is 1. The molecule has 1 N–H and O–H groups in total. The molecule has 2 aliphatic heterocycles. The normalized spacial score (nSPS) is 25.5. The average Bonchev–Trinajstić information content (AvgIpc) is 3.41. The van der Waals surface area contributed by atoms with E-state index in [1.54, 1.807) is 11.8 Å². The molecule has 2 heterocycles. The summed E-state index contributed by atoms with van der Waals surface area (Å²) in [7, 11) is 0. The van der Waals surface area contributed by atoms with Crippen LogP contribution in [0.4, 0.5) is 13.2 Å². The Hall–Kier alpha value is -3.56. The zero-order valence-corrected chi connectivity index (χ0v) is 21.4. The van der Waals surface area contributed by atoms with Gasteiger partial charge in [-0.3, -0.25) is 9.59 Å². The number of likely N-dealkylation sites (tertiary alicyclic amines) is 2. The van der Waals surface area contributed by atoms with Gasteiger partial charge in [-0.2, -0.15) is 0 Å². The van der Waals surface area contributed by atoms with Crippen molar-refractivity contribution in [2.24, 2.45) is 17.0 Å². The third kappa shape index (κ3) is 6.28. The molecule has 0 aromatic heterocycles. The summed E-state index contributed by atoms with van der Waals surface area (Å²) in [5.41, 5.74) is 10.4. The molecule has 0 spiro atoms. The van der Waals surface area contributed by atoms with Gasteiger partial charge in [-0.1, -0.05) is 65.8 Å². The summed E-state index contributed by atoms with van der Waals surface area (Å²) in [6, 6.07) is 17.3. The van der Waals surface area contributed by atoms with Gasteiger partial charge in [0.2, 0.25) is 12.3 Å². The topological polar surface area (TPSA) is 110 Å². The summed E-state index contributed by atoms with van der Waals surface area (Å²) >= 11 is 0. The van der Waals surface area contributed by atoms with E-state index in [4.69, 9.17) is 5.53 Å². The number of amides is 2. The van der Waals surface area contributed by atoms with Gasteiger partial charge >= 0.3 is 0 Å². The average molecular weight is 532 g/mol. The number of alkyl halides is 3. The highest BCUT2D eigenvalue weighted by Gasteiger charge is 2.46. The second kappa shape index (κ2) is 12.8. The molecule has 11 heteroatoms. The molecule has 2 aromatic carbocycles. The summed E-state index contributed by atoms with van der Waals surface area (Å²) in [5.74, 6) is -2.78. The van der Waals surface area contributed by atoms with Crippen LogP contribution in [0.1, 0.15) is 44.0 Å². The number of halogens is 3. The smallest absolute Gasteiger partial charge is 0.252 e. The van der Waals surface area contributed by atoms with Crippen LogP contribution >= 0.6 is 0 Å². The highest BCUT2D eigenvalue weighted by molar-refractivity contribution is 5.85. The lowest BCUT2D eigenvalue weighted by Gasteiger charge is -2.25. The van der Waals surface area contributed by atoms with Crippen LogP contribution in [-0.4, -0.2) is 64.6 Å². The van der Waals surface area contributed by atoms with Crippen molar-refractivity contribution in [3.63, 3.8) is 0 Å². The van der Waals surface area contributed by atoms with Gasteiger partial charge in [0.25, 0.3) is 5.91 Å². The minimum Gasteiger partial charge on any atom is -0.383 e. The Bertz CT molecular complexity index is 1130. The first kappa shape index (κ1) is 29.0. The minimum absolute atomic E-state index is 0.103. The number of nitrogens with zero attached hydrogens (tertiary/aromatic N) is 5. The van der Waals surface area contributed by atoms with E-state index in [0.29, 0.717) is 0 Å². The monoisotopic (exact) mass is 531 g/mol. The molecule has 0 saturated carbocycles. The van der Waals surface area contributed by atoms with Crippen LogP contribution in [0.15, 0.2) is 65.8 Å². The van der Waals surface area contributed by atoms with E-state index in [0.717, 1.165) is 11.1 Å². The molecule has 7 atom stereocenters. The molecule has 2 fully saturated rings. The molecule has 204 valence electrons. The van der Waals surface area contributed by atoms with Crippen molar-refractivity contribution in [1.29, 1.82) is 0 Å². The molecule has 8 nitrogen and oxygen atoms in total. The predicted molar refractivity (Wildman–Crippen MR) is 136 cm³/mol. The van der Waals surface area contributed by atoms with E-state index in [1.807, 2.05) is 67.6 Å². The third-order valence-electron chi connectivity index (χ3n) is 7.29. The maximum Gasteiger partial charge on any atom is 0.252 e. The predicted octanol–water partition coefficient (Wildman–Crippen LogP) is 5.07. The number of benzene rings is 2. The van der Waals surface area contributed by atoms with Gasteiger partial charge in [0.1, 0.15) is 18.3 Å². The second-order valence-electron chi connectivity index (χ2n) is 9.59. The lowest BCUT2D eigenvalue weighted by molar-refractivity contribution is -0.137. The second-order valence-corrected chi connectivity index (χ2v) is 9.59. The molecule has 2 amide bonds. The van der Waals surface area contributed by atoms with E-state index in [1.165, 1.54) is 11.8 Å². The molecule has 0 aliphatic carbocycles. The Kier molecular flexibility index (Phi) is 9.77. The van der Waals surface area contributed by atoms with Crippen LogP contribution < -0.4 is 0 Å². The molecule has 0 radical (unpaired) electrons. The van der Waals surface area contributed by atoms with Gasteiger partial charge in [0, 0.05) is 23.9 Å². The molecule has 4 rings (SSSR count). The van der Waals surface area contributed by atoms with Crippen LogP contribution in [0.25, 0.3) is 10.4 Å². The Balaban J connectivity index is 0.000000212. The standard InChI is InChI=1S/C14H17FN4O.C13H15F2NO2/c1-9(15)12-8-19(14(20)13(12)17-18-16)10(2)11-6-4-3-5-7-11;1-8(9-5-3-2-4-6-9)16-7-10(12(14)15)11(17)13(16)18/h3-7,9-10,12-13H,8H2,1-2H3;2-6,8,10-12,17H,7H2,1H3/t9?,10-,12?,13?;8-,10?,11-/m11/s1. The zero-order chi connectivity index (χ0) is 28.0. The van der Waals surface area contributed by atoms with Gasteiger partial charge in [-0.15, -0.1) is 0 Å². The lowest BCUT2D eigenvalue weighted by atomic mass is 10.00. The SMILES string of the molecule is CC(F)C1CN([C@H](C)c2ccccc2)C(=O)C1N=[N+]=[N-].C[C@H](c1ccccc1)N1CC(C(F)F)[C@@H](O)C1=O. The molecule has 2 aromatic rings. The van der Waals surface area contributed by atoms with E-state index in [2.05, 4.69) is 10.0 Å². The molecule has 38 heavy (non-hydrogen) atoms. The van der Waals surface area contributed by atoms with Crippen molar-refractivity contribution in [3.05, 3.63) is 82.2 Å². The molecule has 0 bridgehead atoms. The lowest BCUT2D eigenvalue weighted by Crippen LogP contribution is -2.32. The van der Waals surface area contributed by atoms with Gasteiger partial charge in [0.05, 0.1) is 18.0 Å². The van der Waals surface area contributed by atoms with Crippen molar-refractivity contribution in [3.8, 4) is 0 Å². The number of azide groups is 1. The Labute approximate surface area is 219 Å². The van der Waals surface area contributed by atoms with Crippen molar-refractivity contribution in [1.82, 2.24) is 9.80 Å². The Morgan fingerprint density at radius 1 is 0.842 bits per heavy atom. The molecule has 2 saturated heterocycles. The summed E-state index contributed by atoms with van der Waals surface area (Å²) in [6.45, 7) is 5.23. The number of carbonyl (C=O) groups is 2. The van der Waals surface area contributed by atoms with Crippen molar-refractivity contribution >= 4 is 11.8 Å². The molecular weight excluding hydrogens is 499 g/mol. The zero-order valence-electron chi connectivity index (χ0n) is 21.4. The molecular formula is C27H32F3N5O3. The summed E-state index contributed by atoms with van der Waals surface area (Å²) < 4.78 is 39.0. The Morgan fingerprint density at radius 3 is 1.68 bits per heavy atom. The number of aliphatic hydroxyl groups is 1. The number of carbonyl (C=O) groups excluding carboxylic acids is 2. The van der Waals surface area contributed by atoms with Crippen molar-refractivity contribution in [2.75, 3.05) is 13.1 Å². The number of hydrogen-bond acceptors (Lipinski definition) is 4. The van der Waals surface area contributed by atoms with E-state index in [-0.39, 0.29) is 31.1 Å². The largest absolute Gasteiger partial charge is 0.383 e. The Morgan fingerprint density at radius 2 is 1.29 bits per heavy atom. The number of rotatable bonds is 7. The van der Waals surface area contributed by atoms with E-state index >= 15 is 0 Å². The fourth-order valence-electron chi connectivity index (χ4n) is 4.87. The highest BCUT2D eigenvalue weighted by atomic mass is 19.3. The van der Waals surface area contributed by atoms with Gasteiger partial charge < -0.3 is 14.9 Å². The quantitative estimate of drug-likeness (QED) is 0.306. The van der Waals surface area contributed by atoms with Gasteiger partial charge in [-0.05, 0) is 37.4 Å². The summed E-state index contributed by atoms with van der Waals surface area (Å²) in [4.78, 5) is 29.7. The molecule has 4 unspecified atom stereocenters. The van der Waals surface area contributed by atoms with E-state index < -0.39 is 42.5 Å². The highest BCUT2D eigenvalue weighted by Crippen LogP contribution is 2.33. The van der Waals surface area contributed by atoms with Crippen molar-refractivity contribution < 1.29 is 27.9 Å². The minimum atomic E-state index is -2.68. The van der Waals surface area contributed by atoms with Crippen molar-refractivity contribution in [2.45, 2.75) is 57.6 Å².